The first kappa shape index (κ1) is 13.7. The van der Waals surface area contributed by atoms with E-state index >= 15 is 0 Å². The second-order valence-electron chi connectivity index (χ2n) is 4.37. The standard InChI is InChI=1S/C13H10Cl2N2O2S/c14-10-5-7-16-13(15)12(10)20(18,19)17-8-6-9-3-1-2-4-11(9)17/h1-5,7H,6,8H2. The lowest BCUT2D eigenvalue weighted by Crippen LogP contribution is -2.29. The van der Waals surface area contributed by atoms with Crippen LogP contribution in [0.15, 0.2) is 41.4 Å². The molecular weight excluding hydrogens is 319 g/mol. The minimum absolute atomic E-state index is 0.0781. The van der Waals surface area contributed by atoms with Crippen molar-refractivity contribution < 1.29 is 8.42 Å². The third-order valence-corrected chi connectivity index (χ3v) is 5.92. The lowest BCUT2D eigenvalue weighted by atomic mass is 10.2. The van der Waals surface area contributed by atoms with E-state index in [4.69, 9.17) is 23.2 Å². The van der Waals surface area contributed by atoms with E-state index in [1.165, 1.54) is 16.6 Å². The third kappa shape index (κ3) is 2.06. The van der Waals surface area contributed by atoms with E-state index in [9.17, 15) is 8.42 Å². The molecule has 7 heteroatoms. The normalized spacial score (nSPS) is 14.4. The third-order valence-electron chi connectivity index (χ3n) is 3.21. The number of sulfonamides is 1. The van der Waals surface area contributed by atoms with Crippen molar-refractivity contribution in [2.24, 2.45) is 0 Å². The van der Waals surface area contributed by atoms with Crippen LogP contribution in [0.1, 0.15) is 5.56 Å². The number of fused-ring (bicyclic) bond motifs is 1. The molecule has 1 aromatic carbocycles. The molecule has 0 amide bonds. The molecule has 0 atom stereocenters. The molecule has 104 valence electrons. The van der Waals surface area contributed by atoms with Crippen LogP contribution in [0.5, 0.6) is 0 Å². The van der Waals surface area contributed by atoms with Gasteiger partial charge in [-0.25, -0.2) is 13.4 Å². The van der Waals surface area contributed by atoms with E-state index in [2.05, 4.69) is 4.98 Å². The molecule has 0 fully saturated rings. The van der Waals surface area contributed by atoms with Crippen LogP contribution in [0.25, 0.3) is 0 Å². The summed E-state index contributed by atoms with van der Waals surface area (Å²) in [5.41, 5.74) is 1.66. The van der Waals surface area contributed by atoms with Gasteiger partial charge in [-0.1, -0.05) is 41.4 Å². The molecule has 0 spiro atoms. The number of pyridine rings is 1. The second-order valence-corrected chi connectivity index (χ2v) is 6.93. The second kappa shape index (κ2) is 4.91. The SMILES string of the molecule is O=S(=O)(c1c(Cl)ccnc1Cl)N1CCc2ccccc21. The summed E-state index contributed by atoms with van der Waals surface area (Å²) in [6, 6.07) is 8.80. The van der Waals surface area contributed by atoms with Crippen LogP contribution < -0.4 is 4.31 Å². The van der Waals surface area contributed by atoms with Crippen LogP contribution in [0.4, 0.5) is 5.69 Å². The number of rotatable bonds is 2. The van der Waals surface area contributed by atoms with E-state index in [-0.39, 0.29) is 15.1 Å². The number of halogens is 2. The van der Waals surface area contributed by atoms with Gasteiger partial charge in [0.2, 0.25) is 0 Å². The van der Waals surface area contributed by atoms with Gasteiger partial charge in [0.1, 0.15) is 4.90 Å². The fraction of sp³-hybridized carbons (Fsp3) is 0.154. The molecule has 0 bridgehead atoms. The quantitative estimate of drug-likeness (QED) is 0.796. The minimum Gasteiger partial charge on any atom is -0.266 e. The van der Waals surface area contributed by atoms with Crippen LogP contribution in [0.3, 0.4) is 0 Å². The number of hydrogen-bond donors (Lipinski definition) is 0. The lowest BCUT2D eigenvalue weighted by Gasteiger charge is -2.20. The van der Waals surface area contributed by atoms with E-state index < -0.39 is 10.0 Å². The highest BCUT2D eigenvalue weighted by Crippen LogP contribution is 2.36. The van der Waals surface area contributed by atoms with Gasteiger partial charge in [0, 0.05) is 12.7 Å². The number of anilines is 1. The first-order valence-electron chi connectivity index (χ1n) is 5.92. The number of para-hydroxylation sites is 1. The summed E-state index contributed by atoms with van der Waals surface area (Å²) in [4.78, 5) is 3.67. The van der Waals surface area contributed by atoms with Crippen LogP contribution in [-0.2, 0) is 16.4 Å². The zero-order valence-electron chi connectivity index (χ0n) is 10.3. The van der Waals surface area contributed by atoms with Crippen LogP contribution in [0.2, 0.25) is 10.2 Å². The Morgan fingerprint density at radius 2 is 1.90 bits per heavy atom. The summed E-state index contributed by atoms with van der Waals surface area (Å²) < 4.78 is 26.8. The molecule has 0 aliphatic carbocycles. The molecule has 4 nitrogen and oxygen atoms in total. The largest absolute Gasteiger partial charge is 0.268 e. The van der Waals surface area contributed by atoms with Gasteiger partial charge in [0.05, 0.1) is 10.7 Å². The van der Waals surface area contributed by atoms with Gasteiger partial charge in [-0.05, 0) is 24.1 Å². The fourth-order valence-corrected chi connectivity index (χ4v) is 4.80. The van der Waals surface area contributed by atoms with Crippen molar-refractivity contribution in [3.8, 4) is 0 Å². The Labute approximate surface area is 127 Å². The maximum atomic E-state index is 12.8. The van der Waals surface area contributed by atoms with Gasteiger partial charge < -0.3 is 0 Å². The molecule has 0 unspecified atom stereocenters. The van der Waals surface area contributed by atoms with Crippen LogP contribution >= 0.6 is 23.2 Å². The van der Waals surface area contributed by atoms with Gasteiger partial charge in [-0.3, -0.25) is 4.31 Å². The van der Waals surface area contributed by atoms with E-state index in [1.54, 1.807) is 12.1 Å². The number of nitrogens with zero attached hydrogens (tertiary/aromatic N) is 2. The average molecular weight is 329 g/mol. The first-order valence-corrected chi connectivity index (χ1v) is 8.12. The molecule has 0 radical (unpaired) electrons. The number of hydrogen-bond acceptors (Lipinski definition) is 3. The van der Waals surface area contributed by atoms with Crippen molar-refractivity contribution >= 4 is 38.9 Å². The molecule has 20 heavy (non-hydrogen) atoms. The van der Waals surface area contributed by atoms with Gasteiger partial charge in [0.25, 0.3) is 10.0 Å². The van der Waals surface area contributed by atoms with Crippen LogP contribution in [0, 0.1) is 0 Å². The summed E-state index contributed by atoms with van der Waals surface area (Å²) >= 11 is 11.9. The Hall–Kier alpha value is -1.30. The molecule has 3 rings (SSSR count). The van der Waals surface area contributed by atoms with Crippen molar-refractivity contribution in [3.63, 3.8) is 0 Å². The summed E-state index contributed by atoms with van der Waals surface area (Å²) in [7, 11) is -3.81. The zero-order valence-corrected chi connectivity index (χ0v) is 12.6. The highest BCUT2D eigenvalue weighted by molar-refractivity contribution is 7.93. The molecule has 2 heterocycles. The van der Waals surface area contributed by atoms with Gasteiger partial charge in [0.15, 0.2) is 5.15 Å². The van der Waals surface area contributed by atoms with Crippen molar-refractivity contribution in [1.29, 1.82) is 0 Å². The molecule has 0 N–H and O–H groups in total. The van der Waals surface area contributed by atoms with Crippen molar-refractivity contribution in [1.82, 2.24) is 4.98 Å². The summed E-state index contributed by atoms with van der Waals surface area (Å²) in [5, 5.41) is -0.0312. The van der Waals surface area contributed by atoms with E-state index in [0.717, 1.165) is 5.56 Å². The van der Waals surface area contributed by atoms with Crippen LogP contribution in [-0.4, -0.2) is 19.9 Å². The molecular formula is C13H10Cl2N2O2S. The topological polar surface area (TPSA) is 50.3 Å². The molecule has 0 saturated carbocycles. The molecule has 0 saturated heterocycles. The Bertz CT molecular complexity index is 757. The van der Waals surface area contributed by atoms with E-state index in [1.807, 2.05) is 12.1 Å². The molecule has 1 aromatic heterocycles. The lowest BCUT2D eigenvalue weighted by molar-refractivity contribution is 0.592. The first-order chi connectivity index (χ1) is 9.51. The zero-order chi connectivity index (χ0) is 14.3. The Morgan fingerprint density at radius 1 is 1.15 bits per heavy atom. The van der Waals surface area contributed by atoms with Gasteiger partial charge in [-0.15, -0.1) is 0 Å². The van der Waals surface area contributed by atoms with Crippen molar-refractivity contribution in [2.75, 3.05) is 10.8 Å². The van der Waals surface area contributed by atoms with Gasteiger partial charge in [-0.2, -0.15) is 0 Å². The fourth-order valence-electron chi connectivity index (χ4n) is 2.30. The highest BCUT2D eigenvalue weighted by Gasteiger charge is 2.34. The average Bonchev–Trinajstić information content (AvgIpc) is 2.82. The maximum Gasteiger partial charge on any atom is 0.268 e. The Balaban J connectivity index is 2.16. The van der Waals surface area contributed by atoms with Gasteiger partial charge >= 0.3 is 0 Å². The Kier molecular flexibility index (Phi) is 3.36. The Morgan fingerprint density at radius 3 is 2.65 bits per heavy atom. The molecule has 2 aromatic rings. The highest BCUT2D eigenvalue weighted by atomic mass is 35.5. The number of benzene rings is 1. The summed E-state index contributed by atoms with van der Waals surface area (Å²) in [5.74, 6) is 0. The van der Waals surface area contributed by atoms with Crippen molar-refractivity contribution in [3.05, 3.63) is 52.3 Å². The molecule has 1 aliphatic rings. The number of aromatic nitrogens is 1. The predicted molar refractivity (Wildman–Crippen MR) is 78.9 cm³/mol. The summed E-state index contributed by atoms with van der Waals surface area (Å²) in [6.07, 6.45) is 2.05. The predicted octanol–water partition coefficient (Wildman–Crippen LogP) is 3.14. The monoisotopic (exact) mass is 328 g/mol. The molecule has 1 aliphatic heterocycles. The minimum atomic E-state index is -3.81. The van der Waals surface area contributed by atoms with Crippen molar-refractivity contribution in [2.45, 2.75) is 11.3 Å². The maximum absolute atomic E-state index is 12.8. The smallest absolute Gasteiger partial charge is 0.266 e. The van der Waals surface area contributed by atoms with E-state index in [0.29, 0.717) is 18.7 Å². The summed E-state index contributed by atoms with van der Waals surface area (Å²) in [6.45, 7) is 0.378.